The van der Waals surface area contributed by atoms with E-state index in [-0.39, 0.29) is 0 Å². The summed E-state index contributed by atoms with van der Waals surface area (Å²) >= 11 is 3.46. The quantitative estimate of drug-likeness (QED) is 0.835. The second-order valence-electron chi connectivity index (χ2n) is 4.08. The number of nitrogen functional groups attached to an aromatic ring is 1. The first-order valence-electron chi connectivity index (χ1n) is 5.72. The third kappa shape index (κ3) is 2.28. The summed E-state index contributed by atoms with van der Waals surface area (Å²) < 4.78 is 3.64. The van der Waals surface area contributed by atoms with Gasteiger partial charge in [0, 0.05) is 6.54 Å². The molecule has 0 saturated heterocycles. The Kier molecular flexibility index (Phi) is 2.99. The van der Waals surface area contributed by atoms with Crippen molar-refractivity contribution in [2.45, 2.75) is 17.1 Å². The smallest absolute Gasteiger partial charge is 0.0868 e. The molecule has 0 spiro atoms. The lowest BCUT2D eigenvalue weighted by Gasteiger charge is -2.29. The van der Waals surface area contributed by atoms with E-state index in [1.54, 1.807) is 23.3 Å². The van der Waals surface area contributed by atoms with Crippen molar-refractivity contribution in [2.75, 3.05) is 16.6 Å². The largest absolute Gasteiger partial charge is 0.391 e. The molecule has 2 nitrogen and oxygen atoms in total. The number of hydrogen-bond donors (Lipinski definition) is 1. The van der Waals surface area contributed by atoms with Crippen molar-refractivity contribution < 1.29 is 0 Å². The summed E-state index contributed by atoms with van der Waals surface area (Å²) in [6.45, 7) is 1.11. The van der Waals surface area contributed by atoms with Gasteiger partial charge in [-0.2, -0.15) is 0 Å². The number of aryl methyl sites for hydroxylation is 1. The van der Waals surface area contributed by atoms with Gasteiger partial charge in [-0.3, -0.25) is 0 Å². The summed E-state index contributed by atoms with van der Waals surface area (Å²) in [5, 5.41) is 0.887. The van der Waals surface area contributed by atoms with Gasteiger partial charge in [0.1, 0.15) is 0 Å². The van der Waals surface area contributed by atoms with Gasteiger partial charge < -0.3 is 10.0 Å². The molecule has 2 heterocycles. The molecule has 4 heteroatoms. The number of fused-ring (bicyclic) bond motifs is 1. The maximum atomic E-state index is 5.77. The number of nitrogens with zero attached hydrogens (tertiary/aromatic N) is 1. The first kappa shape index (κ1) is 11.0. The minimum absolute atomic E-state index is 0.887. The molecular formula is C13H14N2S2. The number of thiophene rings is 1. The fraction of sp³-hybridized carbons (Fsp3) is 0.231. The van der Waals surface area contributed by atoms with Crippen molar-refractivity contribution >= 4 is 34.0 Å². The third-order valence-electron chi connectivity index (χ3n) is 2.87. The summed E-state index contributed by atoms with van der Waals surface area (Å²) in [5.74, 6) is 0. The third-order valence-corrected chi connectivity index (χ3v) is 4.97. The van der Waals surface area contributed by atoms with E-state index >= 15 is 0 Å². The number of anilines is 2. The summed E-state index contributed by atoms with van der Waals surface area (Å²) in [4.78, 5) is 0. The predicted octanol–water partition coefficient (Wildman–Crippen LogP) is 3.79. The molecule has 0 unspecified atom stereocenters. The molecule has 0 radical (unpaired) electrons. The average Bonchev–Trinajstić information content (AvgIpc) is 2.75. The number of rotatable bonds is 2. The van der Waals surface area contributed by atoms with E-state index in [0.29, 0.717) is 0 Å². The Morgan fingerprint density at radius 2 is 2.06 bits per heavy atom. The molecule has 2 N–H and O–H groups in total. The molecule has 1 aromatic carbocycles. The lowest BCUT2D eigenvalue weighted by atomic mass is 10.0. The highest BCUT2D eigenvalue weighted by Crippen LogP contribution is 2.38. The minimum atomic E-state index is 0.887. The van der Waals surface area contributed by atoms with Crippen LogP contribution in [0.25, 0.3) is 0 Å². The van der Waals surface area contributed by atoms with Gasteiger partial charge in [0.15, 0.2) is 0 Å². The lowest BCUT2D eigenvalue weighted by Crippen LogP contribution is -2.21. The Labute approximate surface area is 110 Å². The molecule has 1 aromatic heterocycles. The van der Waals surface area contributed by atoms with Gasteiger partial charge in [0.2, 0.25) is 0 Å². The molecular weight excluding hydrogens is 248 g/mol. The number of para-hydroxylation sites is 1. The van der Waals surface area contributed by atoms with Gasteiger partial charge in [-0.25, -0.2) is 0 Å². The van der Waals surface area contributed by atoms with Crippen molar-refractivity contribution in [3.8, 4) is 0 Å². The fourth-order valence-electron chi connectivity index (χ4n) is 2.09. The number of benzene rings is 1. The van der Waals surface area contributed by atoms with E-state index in [1.807, 2.05) is 6.07 Å². The molecule has 2 aromatic rings. The monoisotopic (exact) mass is 262 g/mol. The molecule has 0 atom stereocenters. The van der Waals surface area contributed by atoms with Crippen LogP contribution in [0.1, 0.15) is 12.0 Å². The first-order valence-corrected chi connectivity index (χ1v) is 7.30. The van der Waals surface area contributed by atoms with Crippen molar-refractivity contribution in [1.82, 2.24) is 0 Å². The van der Waals surface area contributed by atoms with E-state index in [1.165, 1.54) is 28.3 Å². The van der Waals surface area contributed by atoms with Crippen molar-refractivity contribution in [3.63, 3.8) is 0 Å². The van der Waals surface area contributed by atoms with E-state index in [9.17, 15) is 0 Å². The normalized spacial score (nSPS) is 14.7. The topological polar surface area (TPSA) is 29.3 Å². The van der Waals surface area contributed by atoms with Crippen LogP contribution < -0.4 is 10.0 Å². The van der Waals surface area contributed by atoms with Crippen LogP contribution in [0.2, 0.25) is 0 Å². The van der Waals surface area contributed by atoms with Gasteiger partial charge in [0.05, 0.1) is 14.9 Å². The van der Waals surface area contributed by atoms with Crippen LogP contribution in [0.4, 0.5) is 10.7 Å². The van der Waals surface area contributed by atoms with E-state index in [4.69, 9.17) is 5.73 Å². The molecule has 88 valence electrons. The summed E-state index contributed by atoms with van der Waals surface area (Å²) in [7, 11) is 0. The highest BCUT2D eigenvalue weighted by atomic mass is 32.2. The second-order valence-corrected chi connectivity index (χ2v) is 6.52. The number of nitrogens with two attached hydrogens (primary N) is 1. The maximum Gasteiger partial charge on any atom is 0.0868 e. The Bertz CT molecular complexity index is 522. The Morgan fingerprint density at radius 1 is 1.18 bits per heavy atom. The first-order chi connectivity index (χ1) is 8.33. The fourth-order valence-corrected chi connectivity index (χ4v) is 4.14. The van der Waals surface area contributed by atoms with Crippen LogP contribution in [0, 0.1) is 0 Å². The molecule has 1 aliphatic heterocycles. The molecule has 0 fully saturated rings. The van der Waals surface area contributed by atoms with Gasteiger partial charge in [0.25, 0.3) is 0 Å². The predicted molar refractivity (Wildman–Crippen MR) is 76.7 cm³/mol. The molecule has 0 bridgehead atoms. The lowest BCUT2D eigenvalue weighted by molar-refractivity contribution is 0.795. The van der Waals surface area contributed by atoms with Gasteiger partial charge >= 0.3 is 0 Å². The average molecular weight is 262 g/mol. The summed E-state index contributed by atoms with van der Waals surface area (Å²) in [6.07, 6.45) is 2.42. The zero-order chi connectivity index (χ0) is 11.7. The SMILES string of the molecule is Nc1ccc(SN2CCCc3ccccc32)s1. The van der Waals surface area contributed by atoms with Crippen LogP contribution in [0.3, 0.4) is 0 Å². The molecule has 0 aliphatic carbocycles. The highest BCUT2D eigenvalue weighted by molar-refractivity contribution is 8.02. The van der Waals surface area contributed by atoms with Crippen LogP contribution in [-0.4, -0.2) is 6.54 Å². The Balaban J connectivity index is 1.85. The zero-order valence-corrected chi connectivity index (χ0v) is 11.1. The van der Waals surface area contributed by atoms with E-state index in [2.05, 4.69) is 34.6 Å². The van der Waals surface area contributed by atoms with E-state index < -0.39 is 0 Å². The maximum absolute atomic E-state index is 5.77. The molecule has 0 saturated carbocycles. The molecule has 0 amide bonds. The van der Waals surface area contributed by atoms with Crippen LogP contribution in [0.15, 0.2) is 40.6 Å². The van der Waals surface area contributed by atoms with E-state index in [0.717, 1.165) is 11.5 Å². The van der Waals surface area contributed by atoms with Crippen LogP contribution in [0.5, 0.6) is 0 Å². The van der Waals surface area contributed by atoms with Gasteiger partial charge in [-0.15, -0.1) is 11.3 Å². The van der Waals surface area contributed by atoms with Crippen LogP contribution >= 0.6 is 23.3 Å². The zero-order valence-electron chi connectivity index (χ0n) is 9.43. The van der Waals surface area contributed by atoms with Gasteiger partial charge in [-0.05, 0) is 48.6 Å². The van der Waals surface area contributed by atoms with Crippen molar-refractivity contribution in [2.24, 2.45) is 0 Å². The molecule has 1 aliphatic rings. The number of hydrogen-bond acceptors (Lipinski definition) is 4. The van der Waals surface area contributed by atoms with Crippen molar-refractivity contribution in [3.05, 3.63) is 42.0 Å². The Hall–Kier alpha value is -1.13. The van der Waals surface area contributed by atoms with Crippen molar-refractivity contribution in [1.29, 1.82) is 0 Å². The highest BCUT2D eigenvalue weighted by Gasteiger charge is 2.17. The molecule has 17 heavy (non-hydrogen) atoms. The Morgan fingerprint density at radius 3 is 2.88 bits per heavy atom. The van der Waals surface area contributed by atoms with Gasteiger partial charge in [-0.1, -0.05) is 18.2 Å². The molecule has 3 rings (SSSR count). The van der Waals surface area contributed by atoms with Crippen LogP contribution in [-0.2, 0) is 6.42 Å². The standard InChI is InChI=1S/C13H14N2S2/c14-12-7-8-13(16-12)17-15-9-3-5-10-4-1-2-6-11(10)15/h1-2,4,6-8H,3,5,9,14H2. The second kappa shape index (κ2) is 4.63. The summed E-state index contributed by atoms with van der Waals surface area (Å²) in [5.41, 5.74) is 8.58. The minimum Gasteiger partial charge on any atom is -0.391 e. The summed E-state index contributed by atoms with van der Waals surface area (Å²) in [6, 6.07) is 12.7.